The number of phenolic OH excluding ortho intramolecular Hbond substituents is 1. The summed E-state index contributed by atoms with van der Waals surface area (Å²) in [6.07, 6.45) is 0.898. The molecular weight excluding hydrogens is 544 g/mol. The van der Waals surface area contributed by atoms with E-state index >= 15 is 0 Å². The van der Waals surface area contributed by atoms with Crippen LogP contribution in [0.1, 0.15) is 36.9 Å². The third kappa shape index (κ3) is 11.3. The minimum absolute atomic E-state index is 0.0401. The molecule has 1 aromatic heterocycles. The number of carbonyl (C=O) groups is 6. The van der Waals surface area contributed by atoms with Crippen LogP contribution < -0.4 is 21.7 Å². The monoisotopic (exact) mass is 576 g/mol. The van der Waals surface area contributed by atoms with Crippen molar-refractivity contribution in [2.45, 2.75) is 62.7 Å². The molecule has 0 saturated heterocycles. The van der Waals surface area contributed by atoms with Crippen molar-refractivity contribution in [3.63, 3.8) is 0 Å². The number of benzene rings is 1. The van der Waals surface area contributed by atoms with E-state index in [1.165, 1.54) is 36.8 Å². The highest BCUT2D eigenvalue weighted by molar-refractivity contribution is 5.94. The van der Waals surface area contributed by atoms with Crippen LogP contribution in [0, 0.1) is 0 Å². The molecule has 0 fully saturated rings. The predicted molar refractivity (Wildman–Crippen MR) is 139 cm³/mol. The van der Waals surface area contributed by atoms with Gasteiger partial charge in [0.2, 0.25) is 17.7 Å². The molecular formula is C25H32N6O10. The van der Waals surface area contributed by atoms with E-state index in [0.29, 0.717) is 11.3 Å². The van der Waals surface area contributed by atoms with Crippen LogP contribution >= 0.6 is 0 Å². The van der Waals surface area contributed by atoms with Crippen molar-refractivity contribution in [1.82, 2.24) is 25.9 Å². The molecule has 0 radical (unpaired) electrons. The lowest BCUT2D eigenvalue weighted by Crippen LogP contribution is -2.58. The lowest BCUT2D eigenvalue weighted by Gasteiger charge is -2.25. The van der Waals surface area contributed by atoms with Crippen molar-refractivity contribution in [1.29, 1.82) is 0 Å². The van der Waals surface area contributed by atoms with Crippen LogP contribution in [0.25, 0.3) is 0 Å². The van der Waals surface area contributed by atoms with Crippen LogP contribution in [0.5, 0.6) is 5.75 Å². The van der Waals surface area contributed by atoms with Gasteiger partial charge in [-0.15, -0.1) is 0 Å². The Kier molecular flexibility index (Phi) is 12.2. The molecule has 222 valence electrons. The number of aliphatic carboxylic acids is 3. The van der Waals surface area contributed by atoms with E-state index in [0.717, 1.165) is 0 Å². The first-order chi connectivity index (χ1) is 19.3. The molecule has 1 aromatic carbocycles. The molecule has 3 amide bonds. The van der Waals surface area contributed by atoms with Gasteiger partial charge in [0.05, 0.1) is 12.4 Å². The van der Waals surface area contributed by atoms with Gasteiger partial charge in [-0.05, 0) is 30.5 Å². The third-order valence-corrected chi connectivity index (χ3v) is 5.89. The average molecular weight is 577 g/mol. The van der Waals surface area contributed by atoms with Gasteiger partial charge in [0.25, 0.3) is 0 Å². The van der Waals surface area contributed by atoms with E-state index in [9.17, 15) is 39.0 Å². The largest absolute Gasteiger partial charge is 0.508 e. The number of phenols is 1. The summed E-state index contributed by atoms with van der Waals surface area (Å²) in [5.74, 6) is -6.54. The first-order valence-corrected chi connectivity index (χ1v) is 12.4. The number of hydrogen-bond donors (Lipinski definition) is 9. The summed E-state index contributed by atoms with van der Waals surface area (Å²) in [6, 6.07) is 0.221. The molecule has 16 nitrogen and oxygen atoms in total. The average Bonchev–Trinajstić information content (AvgIpc) is 3.42. The molecule has 2 rings (SSSR count). The summed E-state index contributed by atoms with van der Waals surface area (Å²) >= 11 is 0. The zero-order chi connectivity index (χ0) is 30.5. The number of rotatable bonds is 17. The number of nitrogens with zero attached hydrogens (tertiary/aromatic N) is 1. The maximum absolute atomic E-state index is 13.4. The summed E-state index contributed by atoms with van der Waals surface area (Å²) in [7, 11) is 0. The number of hydrogen-bond acceptors (Lipinski definition) is 9. The van der Waals surface area contributed by atoms with Crippen LogP contribution in [-0.2, 0) is 41.6 Å². The Morgan fingerprint density at radius 1 is 0.780 bits per heavy atom. The molecule has 0 spiro atoms. The number of carboxylic acids is 3. The smallest absolute Gasteiger partial charge is 0.326 e. The molecule has 4 atom stereocenters. The molecule has 0 saturated carbocycles. The number of aromatic hydroxyl groups is 1. The molecule has 0 aliphatic carbocycles. The predicted octanol–water partition coefficient (Wildman–Crippen LogP) is -1.50. The topological polar surface area (TPSA) is 274 Å². The quantitative estimate of drug-likeness (QED) is 0.104. The number of carboxylic acid groups (broad SMARTS) is 3. The van der Waals surface area contributed by atoms with Crippen LogP contribution in [0.15, 0.2) is 36.8 Å². The van der Waals surface area contributed by atoms with Gasteiger partial charge in [-0.2, -0.15) is 0 Å². The molecule has 1 heterocycles. The highest BCUT2D eigenvalue weighted by Gasteiger charge is 2.31. The fraction of sp³-hybridized carbons (Fsp3) is 0.400. The van der Waals surface area contributed by atoms with Gasteiger partial charge in [-0.1, -0.05) is 12.1 Å². The number of H-pyrrole nitrogens is 1. The van der Waals surface area contributed by atoms with Gasteiger partial charge >= 0.3 is 17.9 Å². The minimum Gasteiger partial charge on any atom is -0.508 e. The Hall–Kier alpha value is -4.99. The Morgan fingerprint density at radius 2 is 1.32 bits per heavy atom. The number of aromatic amines is 1. The first-order valence-electron chi connectivity index (χ1n) is 12.4. The Morgan fingerprint density at radius 3 is 1.85 bits per heavy atom. The molecule has 0 bridgehead atoms. The Labute approximate surface area is 233 Å². The van der Waals surface area contributed by atoms with Crippen LogP contribution in [0.2, 0.25) is 0 Å². The second-order valence-corrected chi connectivity index (χ2v) is 9.14. The maximum atomic E-state index is 13.4. The van der Waals surface area contributed by atoms with E-state index in [1.807, 2.05) is 0 Å². The number of aromatic nitrogens is 2. The van der Waals surface area contributed by atoms with Crippen molar-refractivity contribution >= 4 is 35.6 Å². The highest BCUT2D eigenvalue weighted by Crippen LogP contribution is 2.12. The number of imidazole rings is 1. The van der Waals surface area contributed by atoms with Gasteiger partial charge in [0.1, 0.15) is 23.9 Å². The van der Waals surface area contributed by atoms with Gasteiger partial charge in [0, 0.05) is 37.6 Å². The summed E-state index contributed by atoms with van der Waals surface area (Å²) in [6.45, 7) is 0. The van der Waals surface area contributed by atoms with Crippen LogP contribution in [0.4, 0.5) is 0 Å². The van der Waals surface area contributed by atoms with Gasteiger partial charge in [-0.25, -0.2) is 9.78 Å². The van der Waals surface area contributed by atoms with Gasteiger partial charge in [0.15, 0.2) is 0 Å². The second-order valence-electron chi connectivity index (χ2n) is 9.14. The van der Waals surface area contributed by atoms with E-state index < -0.39 is 72.6 Å². The first kappa shape index (κ1) is 32.2. The third-order valence-electron chi connectivity index (χ3n) is 5.89. The van der Waals surface area contributed by atoms with Gasteiger partial charge in [-0.3, -0.25) is 24.0 Å². The lowest BCUT2D eigenvalue weighted by atomic mass is 10.0. The summed E-state index contributed by atoms with van der Waals surface area (Å²) in [4.78, 5) is 79.1. The SMILES string of the molecule is NC(CCC(=O)O)C(=O)NC(Cc1ccc(O)cc1)C(=O)NC(Cc1cnc[nH]1)C(=O)NC(CCC(=O)O)C(=O)O. The van der Waals surface area contributed by atoms with Crippen molar-refractivity contribution in [2.75, 3.05) is 0 Å². The van der Waals surface area contributed by atoms with Crippen molar-refractivity contribution in [3.8, 4) is 5.75 Å². The number of amides is 3. The Balaban J connectivity index is 2.27. The Bertz CT molecular complexity index is 1220. The fourth-order valence-electron chi connectivity index (χ4n) is 3.66. The molecule has 2 aromatic rings. The van der Waals surface area contributed by atoms with Crippen LogP contribution in [-0.4, -0.2) is 90.2 Å². The fourth-order valence-corrected chi connectivity index (χ4v) is 3.66. The zero-order valence-electron chi connectivity index (χ0n) is 21.8. The summed E-state index contributed by atoms with van der Waals surface area (Å²) in [5, 5.41) is 43.9. The minimum atomic E-state index is -1.56. The second kappa shape index (κ2) is 15.6. The summed E-state index contributed by atoms with van der Waals surface area (Å²) in [5.41, 5.74) is 6.70. The lowest BCUT2D eigenvalue weighted by molar-refractivity contribution is -0.143. The van der Waals surface area contributed by atoms with E-state index in [2.05, 4.69) is 25.9 Å². The number of nitrogens with two attached hydrogens (primary N) is 1. The molecule has 10 N–H and O–H groups in total. The molecule has 4 unspecified atom stereocenters. The van der Waals surface area contributed by atoms with Crippen molar-refractivity contribution in [3.05, 3.63) is 48.0 Å². The van der Waals surface area contributed by atoms with Crippen LogP contribution in [0.3, 0.4) is 0 Å². The van der Waals surface area contributed by atoms with E-state index in [1.54, 1.807) is 0 Å². The normalized spacial score (nSPS) is 13.7. The molecule has 41 heavy (non-hydrogen) atoms. The van der Waals surface area contributed by atoms with E-state index in [4.69, 9.17) is 15.9 Å². The van der Waals surface area contributed by atoms with E-state index in [-0.39, 0.29) is 31.4 Å². The zero-order valence-corrected chi connectivity index (χ0v) is 21.8. The molecule has 0 aliphatic rings. The van der Waals surface area contributed by atoms with Crippen molar-refractivity contribution < 1.29 is 49.2 Å². The number of nitrogens with one attached hydrogen (secondary N) is 4. The molecule has 0 aliphatic heterocycles. The van der Waals surface area contributed by atoms with Gasteiger partial charge < -0.3 is 47.1 Å². The maximum Gasteiger partial charge on any atom is 0.326 e. The van der Waals surface area contributed by atoms with Crippen molar-refractivity contribution in [2.24, 2.45) is 5.73 Å². The summed E-state index contributed by atoms with van der Waals surface area (Å²) < 4.78 is 0. The standard InChI is InChI=1S/C25H32N6O10/c26-16(5-7-20(33)34)22(37)30-18(9-13-1-3-15(32)4-2-13)23(38)31-19(10-14-11-27-12-28-14)24(39)29-17(25(40)41)6-8-21(35)36/h1-4,11-12,16-19,32H,5-10,26H2,(H,27,28)(H,29,39)(H,30,37)(H,31,38)(H,33,34)(H,35,36)(H,40,41). The highest BCUT2D eigenvalue weighted by atomic mass is 16.4. The number of carbonyl (C=O) groups excluding carboxylic acids is 3. The molecule has 16 heteroatoms.